The summed E-state index contributed by atoms with van der Waals surface area (Å²) in [5.41, 5.74) is 0.453. The molecule has 0 N–H and O–H groups in total. The smallest absolute Gasteiger partial charge is 0.257 e. The Balaban J connectivity index is 1.71. The highest BCUT2D eigenvalue weighted by Gasteiger charge is 2.45. The fourth-order valence-corrected chi connectivity index (χ4v) is 3.71. The number of carbonyl (C=O) groups excluding carboxylic acids is 1. The Morgan fingerprint density at radius 1 is 1.50 bits per heavy atom. The summed E-state index contributed by atoms with van der Waals surface area (Å²) in [5.74, 6) is 1.53. The maximum absolute atomic E-state index is 12.8. The van der Waals surface area contributed by atoms with Gasteiger partial charge in [0.05, 0.1) is 30.4 Å². The minimum atomic E-state index is -0.222. The molecule has 0 unspecified atom stereocenters. The van der Waals surface area contributed by atoms with E-state index < -0.39 is 0 Å². The Morgan fingerprint density at radius 3 is 3.00 bits per heavy atom. The first kappa shape index (κ1) is 15.6. The van der Waals surface area contributed by atoms with Crippen LogP contribution in [-0.2, 0) is 9.47 Å². The van der Waals surface area contributed by atoms with Gasteiger partial charge in [0.25, 0.3) is 5.91 Å². The average Bonchev–Trinajstić information content (AvgIpc) is 3.02. The van der Waals surface area contributed by atoms with Gasteiger partial charge in [-0.1, -0.05) is 0 Å². The number of carbonyl (C=O) groups is 1. The van der Waals surface area contributed by atoms with Crippen LogP contribution in [0.2, 0.25) is 0 Å². The van der Waals surface area contributed by atoms with E-state index >= 15 is 0 Å². The molecule has 0 saturated carbocycles. The number of piperidine rings is 1. The van der Waals surface area contributed by atoms with Crippen molar-refractivity contribution in [2.75, 3.05) is 26.3 Å². The summed E-state index contributed by atoms with van der Waals surface area (Å²) in [6.45, 7) is 8.50. The Kier molecular flexibility index (Phi) is 4.28. The van der Waals surface area contributed by atoms with Crippen LogP contribution in [-0.4, -0.2) is 48.8 Å². The van der Waals surface area contributed by atoms with Gasteiger partial charge in [-0.15, -0.1) is 0 Å². The molecule has 2 fully saturated rings. The zero-order chi connectivity index (χ0) is 15.7. The van der Waals surface area contributed by atoms with Crippen molar-refractivity contribution in [2.24, 2.45) is 0 Å². The molecule has 3 rings (SSSR count). The summed E-state index contributed by atoms with van der Waals surface area (Å²) >= 11 is 0. The van der Waals surface area contributed by atoms with E-state index in [1.165, 1.54) is 0 Å². The number of furan rings is 1. The first-order chi connectivity index (χ1) is 10.5. The lowest BCUT2D eigenvalue weighted by Gasteiger charge is -2.39. The van der Waals surface area contributed by atoms with E-state index in [0.29, 0.717) is 31.1 Å². The van der Waals surface area contributed by atoms with E-state index in [-0.39, 0.29) is 17.6 Å². The summed E-state index contributed by atoms with van der Waals surface area (Å²) in [4.78, 5) is 14.7. The van der Waals surface area contributed by atoms with Crippen molar-refractivity contribution in [3.8, 4) is 0 Å². The quantitative estimate of drug-likeness (QED) is 0.861. The van der Waals surface area contributed by atoms with Crippen LogP contribution in [0.1, 0.15) is 48.1 Å². The molecule has 5 heteroatoms. The topological polar surface area (TPSA) is 51.9 Å². The summed E-state index contributed by atoms with van der Waals surface area (Å²) in [6, 6.07) is 1.83. The zero-order valence-corrected chi connectivity index (χ0v) is 13.7. The van der Waals surface area contributed by atoms with Gasteiger partial charge in [0.2, 0.25) is 0 Å². The van der Waals surface area contributed by atoms with Gasteiger partial charge in [0.1, 0.15) is 11.5 Å². The van der Waals surface area contributed by atoms with E-state index in [1.54, 1.807) is 0 Å². The predicted molar refractivity (Wildman–Crippen MR) is 82.0 cm³/mol. The first-order valence-electron chi connectivity index (χ1n) is 8.15. The first-order valence-corrected chi connectivity index (χ1v) is 8.15. The molecule has 5 nitrogen and oxygen atoms in total. The van der Waals surface area contributed by atoms with Crippen molar-refractivity contribution < 1.29 is 18.7 Å². The number of ether oxygens (including phenoxy) is 2. The lowest BCUT2D eigenvalue weighted by atomic mass is 9.89. The Labute approximate surface area is 131 Å². The second-order valence-corrected chi connectivity index (χ2v) is 6.43. The maximum Gasteiger partial charge on any atom is 0.257 e. The molecule has 1 amide bonds. The number of rotatable bonds is 3. The van der Waals surface area contributed by atoms with Crippen molar-refractivity contribution in [3.05, 3.63) is 23.2 Å². The van der Waals surface area contributed by atoms with Gasteiger partial charge in [0, 0.05) is 19.6 Å². The molecule has 0 radical (unpaired) electrons. The molecule has 2 aliphatic rings. The van der Waals surface area contributed by atoms with Gasteiger partial charge in [-0.2, -0.15) is 0 Å². The molecule has 0 aliphatic carbocycles. The van der Waals surface area contributed by atoms with Gasteiger partial charge in [-0.05, 0) is 39.7 Å². The normalized spacial score (nSPS) is 28.5. The molecular formula is C17H25NO4. The molecule has 2 saturated heterocycles. The Hall–Kier alpha value is -1.33. The van der Waals surface area contributed by atoms with Crippen molar-refractivity contribution >= 4 is 5.91 Å². The van der Waals surface area contributed by atoms with E-state index in [2.05, 4.69) is 0 Å². The summed E-state index contributed by atoms with van der Waals surface area (Å²) in [5, 5.41) is 0. The number of aryl methyl sites for hydroxylation is 2. The van der Waals surface area contributed by atoms with Crippen LogP contribution < -0.4 is 0 Å². The third-order valence-electron chi connectivity index (χ3n) is 4.68. The van der Waals surface area contributed by atoms with E-state index in [1.807, 2.05) is 31.7 Å². The minimum Gasteiger partial charge on any atom is -0.466 e. The van der Waals surface area contributed by atoms with Crippen LogP contribution in [0.15, 0.2) is 10.5 Å². The van der Waals surface area contributed by atoms with Crippen LogP contribution in [0.4, 0.5) is 0 Å². The predicted octanol–water partition coefficient (Wildman–Crippen LogP) is 2.70. The molecule has 2 aliphatic heterocycles. The molecule has 2 atom stereocenters. The number of hydrogen-bond acceptors (Lipinski definition) is 4. The molecular weight excluding hydrogens is 282 g/mol. The van der Waals surface area contributed by atoms with E-state index in [9.17, 15) is 4.79 Å². The van der Waals surface area contributed by atoms with E-state index in [0.717, 1.165) is 31.6 Å². The van der Waals surface area contributed by atoms with Crippen LogP contribution in [0.3, 0.4) is 0 Å². The van der Waals surface area contributed by atoms with Crippen LogP contribution >= 0.6 is 0 Å². The molecule has 0 bridgehead atoms. The van der Waals surface area contributed by atoms with Crippen LogP contribution in [0.5, 0.6) is 0 Å². The number of likely N-dealkylation sites (tertiary alicyclic amines) is 1. The fourth-order valence-electron chi connectivity index (χ4n) is 3.71. The molecule has 1 aromatic rings. The molecule has 1 aromatic heterocycles. The van der Waals surface area contributed by atoms with Gasteiger partial charge >= 0.3 is 0 Å². The average molecular weight is 307 g/mol. The zero-order valence-electron chi connectivity index (χ0n) is 13.7. The van der Waals surface area contributed by atoms with Crippen molar-refractivity contribution in [2.45, 2.75) is 51.7 Å². The number of hydrogen-bond donors (Lipinski definition) is 0. The van der Waals surface area contributed by atoms with Gasteiger partial charge in [-0.25, -0.2) is 0 Å². The molecule has 1 spiro atoms. The maximum atomic E-state index is 12.8. The van der Waals surface area contributed by atoms with Crippen molar-refractivity contribution in [3.63, 3.8) is 0 Å². The lowest BCUT2D eigenvalue weighted by molar-refractivity contribution is -0.0462. The molecule has 22 heavy (non-hydrogen) atoms. The van der Waals surface area contributed by atoms with Crippen LogP contribution in [0, 0.1) is 13.8 Å². The molecule has 3 heterocycles. The summed E-state index contributed by atoms with van der Waals surface area (Å²) < 4.78 is 17.2. The van der Waals surface area contributed by atoms with Crippen LogP contribution in [0.25, 0.3) is 0 Å². The fraction of sp³-hybridized carbons (Fsp3) is 0.706. The lowest BCUT2D eigenvalue weighted by Crippen LogP contribution is -2.50. The van der Waals surface area contributed by atoms with Gasteiger partial charge < -0.3 is 18.8 Å². The number of nitrogens with zero attached hydrogens (tertiary/aromatic N) is 1. The third-order valence-corrected chi connectivity index (χ3v) is 4.68. The minimum absolute atomic E-state index is 0.0527. The SMILES string of the molecule is CCO[C@H]1CO[C@@]2(CCCN(C(=O)c3cc(C)oc3C)C2)C1. The van der Waals surface area contributed by atoms with Crippen molar-refractivity contribution in [1.82, 2.24) is 4.90 Å². The highest BCUT2D eigenvalue weighted by Crippen LogP contribution is 2.36. The second kappa shape index (κ2) is 6.05. The summed E-state index contributed by atoms with van der Waals surface area (Å²) in [7, 11) is 0. The standard InChI is InChI=1S/C17H25NO4/c1-4-20-14-9-17(21-10-14)6-5-7-18(11-17)16(19)15-8-12(2)22-13(15)3/h8,14H,4-7,9-11H2,1-3H3/t14-,17+/m1/s1. The Bertz CT molecular complexity index is 553. The molecule has 122 valence electrons. The van der Waals surface area contributed by atoms with Gasteiger partial charge in [-0.3, -0.25) is 4.79 Å². The number of amides is 1. The highest BCUT2D eigenvalue weighted by molar-refractivity contribution is 5.95. The Morgan fingerprint density at radius 2 is 2.32 bits per heavy atom. The van der Waals surface area contributed by atoms with E-state index in [4.69, 9.17) is 13.9 Å². The van der Waals surface area contributed by atoms with Crippen molar-refractivity contribution in [1.29, 1.82) is 0 Å². The molecule has 0 aromatic carbocycles. The summed E-state index contributed by atoms with van der Waals surface area (Å²) in [6.07, 6.45) is 3.02. The largest absolute Gasteiger partial charge is 0.466 e. The highest BCUT2D eigenvalue weighted by atomic mass is 16.6. The monoisotopic (exact) mass is 307 g/mol. The second-order valence-electron chi connectivity index (χ2n) is 6.43. The van der Waals surface area contributed by atoms with Gasteiger partial charge in [0.15, 0.2) is 0 Å². The third kappa shape index (κ3) is 2.92.